The predicted molar refractivity (Wildman–Crippen MR) is 68.1 cm³/mol. The number of nitrogens with one attached hydrogen (secondary N) is 1. The van der Waals surface area contributed by atoms with Gasteiger partial charge in [0.05, 0.1) is 12.6 Å². The SMILES string of the molecule is CCN(CCO)C(=O)NC1CC(=O)N(C(C)C)C1. The molecule has 0 bridgehead atoms. The molecule has 0 radical (unpaired) electrons. The van der Waals surface area contributed by atoms with E-state index in [-0.39, 0.29) is 30.6 Å². The number of hydrogen-bond acceptors (Lipinski definition) is 3. The maximum Gasteiger partial charge on any atom is 0.317 e. The van der Waals surface area contributed by atoms with Gasteiger partial charge in [-0.05, 0) is 20.8 Å². The Morgan fingerprint density at radius 1 is 1.61 bits per heavy atom. The summed E-state index contributed by atoms with van der Waals surface area (Å²) < 4.78 is 0. The third kappa shape index (κ3) is 3.60. The Kier molecular flexibility index (Phi) is 5.40. The van der Waals surface area contributed by atoms with Gasteiger partial charge in [0.2, 0.25) is 5.91 Å². The minimum atomic E-state index is -0.213. The van der Waals surface area contributed by atoms with Crippen LogP contribution in [0.1, 0.15) is 27.2 Å². The molecule has 0 spiro atoms. The van der Waals surface area contributed by atoms with Crippen molar-refractivity contribution in [3.8, 4) is 0 Å². The monoisotopic (exact) mass is 257 g/mol. The molecule has 1 saturated heterocycles. The maximum atomic E-state index is 11.9. The summed E-state index contributed by atoms with van der Waals surface area (Å²) in [6.07, 6.45) is 0.362. The summed E-state index contributed by atoms with van der Waals surface area (Å²) in [7, 11) is 0. The average molecular weight is 257 g/mol. The second kappa shape index (κ2) is 6.58. The molecule has 18 heavy (non-hydrogen) atoms. The molecule has 1 rings (SSSR count). The van der Waals surface area contributed by atoms with Crippen LogP contribution in [0.4, 0.5) is 4.79 Å². The van der Waals surface area contributed by atoms with Gasteiger partial charge in [0.15, 0.2) is 0 Å². The Balaban J connectivity index is 2.49. The smallest absolute Gasteiger partial charge is 0.317 e. The van der Waals surface area contributed by atoms with E-state index in [1.165, 1.54) is 4.90 Å². The number of rotatable bonds is 5. The number of amides is 3. The quantitative estimate of drug-likeness (QED) is 0.729. The van der Waals surface area contributed by atoms with Crippen molar-refractivity contribution in [3.63, 3.8) is 0 Å². The number of likely N-dealkylation sites (tertiary alicyclic amines) is 1. The second-order valence-electron chi connectivity index (χ2n) is 4.79. The highest BCUT2D eigenvalue weighted by Crippen LogP contribution is 2.14. The summed E-state index contributed by atoms with van der Waals surface area (Å²) in [4.78, 5) is 26.9. The highest BCUT2D eigenvalue weighted by atomic mass is 16.3. The minimum absolute atomic E-state index is 0.0526. The van der Waals surface area contributed by atoms with E-state index in [9.17, 15) is 9.59 Å². The highest BCUT2D eigenvalue weighted by Gasteiger charge is 2.32. The fraction of sp³-hybridized carbons (Fsp3) is 0.833. The van der Waals surface area contributed by atoms with Crippen LogP contribution in [-0.2, 0) is 4.79 Å². The topological polar surface area (TPSA) is 72.9 Å². The molecule has 1 aliphatic heterocycles. The number of hydrogen-bond donors (Lipinski definition) is 2. The van der Waals surface area contributed by atoms with Crippen molar-refractivity contribution >= 4 is 11.9 Å². The van der Waals surface area contributed by atoms with Gasteiger partial charge < -0.3 is 20.2 Å². The van der Waals surface area contributed by atoms with Crippen LogP contribution in [0.15, 0.2) is 0 Å². The van der Waals surface area contributed by atoms with E-state index in [0.717, 1.165) is 0 Å². The van der Waals surface area contributed by atoms with Crippen LogP contribution in [-0.4, -0.2) is 65.2 Å². The zero-order valence-corrected chi connectivity index (χ0v) is 11.3. The first-order valence-corrected chi connectivity index (χ1v) is 6.45. The molecule has 2 N–H and O–H groups in total. The van der Waals surface area contributed by atoms with Gasteiger partial charge in [0.25, 0.3) is 0 Å². The Morgan fingerprint density at radius 2 is 2.28 bits per heavy atom. The maximum absolute atomic E-state index is 11.9. The number of nitrogens with zero attached hydrogens (tertiary/aromatic N) is 2. The molecule has 6 nitrogen and oxygen atoms in total. The third-order valence-corrected chi connectivity index (χ3v) is 3.15. The molecule has 0 aromatic rings. The Hall–Kier alpha value is -1.30. The van der Waals surface area contributed by atoms with E-state index in [2.05, 4.69) is 5.32 Å². The van der Waals surface area contributed by atoms with Gasteiger partial charge in [0.1, 0.15) is 0 Å². The van der Waals surface area contributed by atoms with E-state index < -0.39 is 0 Å². The molecular formula is C12H23N3O3. The largest absolute Gasteiger partial charge is 0.395 e. The summed E-state index contributed by atoms with van der Waals surface area (Å²) in [5, 5.41) is 11.7. The number of aliphatic hydroxyl groups is 1. The van der Waals surface area contributed by atoms with Crippen LogP contribution in [0.3, 0.4) is 0 Å². The fourth-order valence-electron chi connectivity index (χ4n) is 2.12. The van der Waals surface area contributed by atoms with Gasteiger partial charge in [-0.3, -0.25) is 4.79 Å². The molecule has 3 amide bonds. The number of carbonyl (C=O) groups is 2. The summed E-state index contributed by atoms with van der Waals surface area (Å²) in [5.74, 6) is 0.0838. The molecular weight excluding hydrogens is 234 g/mol. The van der Waals surface area contributed by atoms with Gasteiger partial charge in [-0.25, -0.2) is 4.79 Å². The van der Waals surface area contributed by atoms with Crippen molar-refractivity contribution in [1.29, 1.82) is 0 Å². The van der Waals surface area contributed by atoms with Crippen LogP contribution in [0.5, 0.6) is 0 Å². The van der Waals surface area contributed by atoms with Crippen molar-refractivity contribution in [2.75, 3.05) is 26.2 Å². The summed E-state index contributed by atoms with van der Waals surface area (Å²) in [6.45, 7) is 7.16. The number of urea groups is 1. The van der Waals surface area contributed by atoms with Crippen LogP contribution < -0.4 is 5.32 Å². The van der Waals surface area contributed by atoms with Gasteiger partial charge in [0, 0.05) is 32.1 Å². The van der Waals surface area contributed by atoms with Gasteiger partial charge in [-0.2, -0.15) is 0 Å². The van der Waals surface area contributed by atoms with Gasteiger partial charge in [-0.1, -0.05) is 0 Å². The van der Waals surface area contributed by atoms with Crippen LogP contribution in [0, 0.1) is 0 Å². The number of aliphatic hydroxyl groups excluding tert-OH is 1. The highest BCUT2D eigenvalue weighted by molar-refractivity contribution is 5.81. The summed E-state index contributed by atoms with van der Waals surface area (Å²) >= 11 is 0. The lowest BCUT2D eigenvalue weighted by Crippen LogP contribution is -2.47. The second-order valence-corrected chi connectivity index (χ2v) is 4.79. The number of carbonyl (C=O) groups excluding carboxylic acids is 2. The number of likely N-dealkylation sites (N-methyl/N-ethyl adjacent to an activating group) is 1. The van der Waals surface area contributed by atoms with Crippen LogP contribution in [0.25, 0.3) is 0 Å². The summed E-state index contributed by atoms with van der Waals surface area (Å²) in [6, 6.07) is -0.172. The normalized spacial score (nSPS) is 19.5. The van der Waals surface area contributed by atoms with Crippen molar-refractivity contribution in [2.45, 2.75) is 39.3 Å². The van der Waals surface area contributed by atoms with Gasteiger partial charge >= 0.3 is 6.03 Å². The van der Waals surface area contributed by atoms with Crippen molar-refractivity contribution in [1.82, 2.24) is 15.1 Å². The molecule has 1 atom stereocenters. The van der Waals surface area contributed by atoms with E-state index in [1.807, 2.05) is 20.8 Å². The zero-order chi connectivity index (χ0) is 13.7. The third-order valence-electron chi connectivity index (χ3n) is 3.15. The first kappa shape index (κ1) is 14.8. The molecule has 0 aliphatic carbocycles. The molecule has 1 aliphatic rings. The predicted octanol–water partition coefficient (Wildman–Crippen LogP) is 0.0195. The molecule has 104 valence electrons. The van der Waals surface area contributed by atoms with Crippen molar-refractivity contribution in [3.05, 3.63) is 0 Å². The molecule has 1 heterocycles. The molecule has 0 saturated carbocycles. The summed E-state index contributed by atoms with van der Waals surface area (Å²) in [5.41, 5.74) is 0. The lowest BCUT2D eigenvalue weighted by atomic mass is 10.2. The van der Waals surface area contributed by atoms with Crippen molar-refractivity contribution < 1.29 is 14.7 Å². The molecule has 1 unspecified atom stereocenters. The standard InChI is InChI=1S/C12H23N3O3/c1-4-14(5-6-16)12(18)13-10-7-11(17)15(8-10)9(2)3/h9-10,16H,4-8H2,1-3H3,(H,13,18). The first-order chi connectivity index (χ1) is 8.49. The van der Waals surface area contributed by atoms with E-state index >= 15 is 0 Å². The van der Waals surface area contributed by atoms with E-state index in [1.54, 1.807) is 4.90 Å². The Bertz CT molecular complexity index is 307. The van der Waals surface area contributed by atoms with Crippen LogP contribution >= 0.6 is 0 Å². The van der Waals surface area contributed by atoms with E-state index in [0.29, 0.717) is 26.1 Å². The van der Waals surface area contributed by atoms with Crippen LogP contribution in [0.2, 0.25) is 0 Å². The molecule has 1 fully saturated rings. The molecule has 6 heteroatoms. The lowest BCUT2D eigenvalue weighted by Gasteiger charge is -2.24. The van der Waals surface area contributed by atoms with Gasteiger partial charge in [-0.15, -0.1) is 0 Å². The zero-order valence-electron chi connectivity index (χ0n) is 11.3. The minimum Gasteiger partial charge on any atom is -0.395 e. The lowest BCUT2D eigenvalue weighted by molar-refractivity contribution is -0.129. The van der Waals surface area contributed by atoms with E-state index in [4.69, 9.17) is 5.11 Å². The van der Waals surface area contributed by atoms with Crippen molar-refractivity contribution in [2.24, 2.45) is 0 Å². The molecule has 0 aromatic heterocycles. The average Bonchev–Trinajstić information content (AvgIpc) is 2.67. The Morgan fingerprint density at radius 3 is 2.72 bits per heavy atom. The fourth-order valence-corrected chi connectivity index (χ4v) is 2.12. The first-order valence-electron chi connectivity index (χ1n) is 6.45. The molecule has 0 aromatic carbocycles. The Labute approximate surface area is 108 Å².